The molecule has 1 saturated heterocycles. The summed E-state index contributed by atoms with van der Waals surface area (Å²) in [6.07, 6.45) is 1.11. The molecule has 2 aliphatic rings. The largest absolute Gasteiger partial charge is 0.481 e. The lowest BCUT2D eigenvalue weighted by atomic mass is 9.94. The molecule has 0 spiro atoms. The van der Waals surface area contributed by atoms with Crippen molar-refractivity contribution in [1.29, 1.82) is 0 Å². The number of esters is 1. The lowest BCUT2D eigenvalue weighted by molar-refractivity contribution is -0.142. The number of carbonyl (C=O) groups is 2. The molecule has 0 radical (unpaired) electrons. The number of halogens is 4. The number of rotatable bonds is 9. The van der Waals surface area contributed by atoms with E-state index in [4.69, 9.17) is 9.73 Å². The van der Waals surface area contributed by atoms with Crippen LogP contribution in [-0.4, -0.2) is 64.4 Å². The maximum Gasteiger partial charge on any atom is 0.338 e. The zero-order chi connectivity index (χ0) is 27.6. The molecule has 1 aromatic carbocycles. The van der Waals surface area contributed by atoms with Crippen molar-refractivity contribution in [3.05, 3.63) is 61.9 Å². The summed E-state index contributed by atoms with van der Waals surface area (Å²) in [7, 11) is 0. The van der Waals surface area contributed by atoms with E-state index in [1.165, 1.54) is 41.4 Å². The molecule has 1 aromatic heterocycles. The molecular formula is C25H26BrF3N4O4S. The molecule has 0 saturated carbocycles. The molecule has 2 N–H and O–H groups in total. The van der Waals surface area contributed by atoms with Gasteiger partial charge in [-0.25, -0.2) is 22.9 Å². The van der Waals surface area contributed by atoms with Crippen molar-refractivity contribution in [3.63, 3.8) is 0 Å². The Balaban J connectivity index is 1.80. The second kappa shape index (κ2) is 11.5. The summed E-state index contributed by atoms with van der Waals surface area (Å²) < 4.78 is 48.7. The number of thiazole rings is 1. The molecule has 1 fully saturated rings. The fourth-order valence-corrected chi connectivity index (χ4v) is 5.82. The van der Waals surface area contributed by atoms with Crippen molar-refractivity contribution >= 4 is 45.0 Å². The number of hydrogen-bond donors (Lipinski definition) is 2. The van der Waals surface area contributed by atoms with Crippen LogP contribution < -0.4 is 5.32 Å². The molecule has 204 valence electrons. The summed E-state index contributed by atoms with van der Waals surface area (Å²) in [5.74, 6) is -5.78. The Morgan fingerprint density at radius 1 is 1.39 bits per heavy atom. The number of carboxylic acids is 1. The Hall–Kier alpha value is -2.77. The number of benzene rings is 1. The van der Waals surface area contributed by atoms with Crippen LogP contribution in [0.4, 0.5) is 13.2 Å². The third kappa shape index (κ3) is 6.26. The highest BCUT2D eigenvalue weighted by Crippen LogP contribution is 2.39. The minimum Gasteiger partial charge on any atom is -0.481 e. The smallest absolute Gasteiger partial charge is 0.338 e. The zero-order valence-electron chi connectivity index (χ0n) is 20.6. The average molecular weight is 615 g/mol. The monoisotopic (exact) mass is 614 g/mol. The lowest BCUT2D eigenvalue weighted by Gasteiger charge is -2.32. The Bertz CT molecular complexity index is 1270. The molecule has 2 aliphatic heterocycles. The van der Waals surface area contributed by atoms with Crippen molar-refractivity contribution in [2.75, 3.05) is 19.7 Å². The molecule has 1 unspecified atom stereocenters. The fraction of sp³-hybridized carbons (Fsp3) is 0.440. The summed E-state index contributed by atoms with van der Waals surface area (Å²) in [6, 6.07) is 2.32. The predicted octanol–water partition coefficient (Wildman–Crippen LogP) is 4.77. The van der Waals surface area contributed by atoms with Gasteiger partial charge in [-0.3, -0.25) is 14.7 Å². The van der Waals surface area contributed by atoms with Gasteiger partial charge in [-0.15, -0.1) is 11.3 Å². The Labute approximate surface area is 229 Å². The first-order valence-electron chi connectivity index (χ1n) is 11.9. The third-order valence-corrected chi connectivity index (χ3v) is 7.87. The van der Waals surface area contributed by atoms with Crippen LogP contribution in [0, 0.1) is 11.7 Å². The first kappa shape index (κ1) is 28.2. The molecule has 4 rings (SSSR count). The van der Waals surface area contributed by atoms with E-state index in [2.05, 4.69) is 26.2 Å². The number of carbonyl (C=O) groups excluding carboxylic acids is 1. The first-order chi connectivity index (χ1) is 18.0. The van der Waals surface area contributed by atoms with Crippen molar-refractivity contribution in [2.24, 2.45) is 10.9 Å². The SMILES string of the molecule is CCOC(=O)C1=C(CN2CC(F)(F)C[C@H]2CC(C)C(=O)O)NC(c2nccs2)=N[C@H]1c1ccc(F)cc1Br. The van der Waals surface area contributed by atoms with E-state index in [1.807, 2.05) is 0 Å². The molecule has 8 nitrogen and oxygen atoms in total. The third-order valence-electron chi connectivity index (χ3n) is 6.41. The van der Waals surface area contributed by atoms with Gasteiger partial charge in [0.05, 0.1) is 24.6 Å². The number of aliphatic carboxylic acids is 1. The lowest BCUT2D eigenvalue weighted by Crippen LogP contribution is -2.42. The van der Waals surface area contributed by atoms with Crippen molar-refractivity contribution in [2.45, 2.75) is 44.7 Å². The maximum absolute atomic E-state index is 14.6. The van der Waals surface area contributed by atoms with E-state index >= 15 is 0 Å². The van der Waals surface area contributed by atoms with E-state index in [0.717, 1.165) is 0 Å². The van der Waals surface area contributed by atoms with Gasteiger partial charge in [0.15, 0.2) is 10.8 Å². The van der Waals surface area contributed by atoms with Crippen LogP contribution in [0.25, 0.3) is 0 Å². The molecule has 13 heteroatoms. The maximum atomic E-state index is 14.6. The van der Waals surface area contributed by atoms with Gasteiger partial charge in [0.1, 0.15) is 11.9 Å². The highest BCUT2D eigenvalue weighted by Gasteiger charge is 2.46. The van der Waals surface area contributed by atoms with Gasteiger partial charge in [0, 0.05) is 40.8 Å². The molecule has 3 heterocycles. The molecule has 38 heavy (non-hydrogen) atoms. The number of nitrogens with one attached hydrogen (secondary N) is 1. The van der Waals surface area contributed by atoms with E-state index in [-0.39, 0.29) is 30.8 Å². The molecule has 0 bridgehead atoms. The Morgan fingerprint density at radius 3 is 2.79 bits per heavy atom. The Morgan fingerprint density at radius 2 is 2.16 bits per heavy atom. The van der Waals surface area contributed by atoms with Crippen LogP contribution >= 0.6 is 27.3 Å². The van der Waals surface area contributed by atoms with Crippen LogP contribution in [0.1, 0.15) is 43.3 Å². The summed E-state index contributed by atoms with van der Waals surface area (Å²) in [4.78, 5) is 35.2. The summed E-state index contributed by atoms with van der Waals surface area (Å²) >= 11 is 4.65. The molecule has 2 aromatic rings. The molecule has 3 atom stereocenters. The number of amidine groups is 1. The van der Waals surface area contributed by atoms with Crippen LogP contribution in [-0.2, 0) is 14.3 Å². The molecule has 0 amide bonds. The van der Waals surface area contributed by atoms with Crippen molar-refractivity contribution in [1.82, 2.24) is 15.2 Å². The minimum atomic E-state index is -3.02. The number of aliphatic imine (C=N–C) groups is 1. The van der Waals surface area contributed by atoms with Gasteiger partial charge in [-0.1, -0.05) is 28.9 Å². The molecule has 0 aliphatic carbocycles. The van der Waals surface area contributed by atoms with Gasteiger partial charge in [0.25, 0.3) is 5.92 Å². The minimum absolute atomic E-state index is 0.0211. The predicted molar refractivity (Wildman–Crippen MR) is 139 cm³/mol. The number of aromatic nitrogens is 1. The highest BCUT2D eigenvalue weighted by molar-refractivity contribution is 9.10. The number of nitrogens with zero attached hydrogens (tertiary/aromatic N) is 3. The van der Waals surface area contributed by atoms with E-state index < -0.39 is 54.6 Å². The number of alkyl halides is 2. The second-order valence-electron chi connectivity index (χ2n) is 9.21. The van der Waals surface area contributed by atoms with Gasteiger partial charge < -0.3 is 15.2 Å². The van der Waals surface area contributed by atoms with Crippen molar-refractivity contribution < 1.29 is 32.6 Å². The first-order valence-corrected chi connectivity index (χ1v) is 13.6. The summed E-state index contributed by atoms with van der Waals surface area (Å²) in [6.45, 7) is 2.48. The van der Waals surface area contributed by atoms with E-state index in [0.29, 0.717) is 20.9 Å². The van der Waals surface area contributed by atoms with Crippen LogP contribution in [0.15, 0.2) is 50.5 Å². The van der Waals surface area contributed by atoms with Gasteiger partial charge in [0.2, 0.25) is 0 Å². The van der Waals surface area contributed by atoms with Gasteiger partial charge >= 0.3 is 11.9 Å². The van der Waals surface area contributed by atoms with Crippen LogP contribution in [0.2, 0.25) is 0 Å². The normalized spacial score (nSPS) is 22.1. The number of likely N-dealkylation sites (tertiary alicyclic amines) is 1. The highest BCUT2D eigenvalue weighted by atomic mass is 79.9. The number of carboxylic acid groups (broad SMARTS) is 1. The second-order valence-corrected chi connectivity index (χ2v) is 11.0. The topological polar surface area (TPSA) is 104 Å². The standard InChI is InChI=1S/C25H26BrF3N4O4S/c1-3-37-24(36)19-18(11-33-12-25(28,29)10-15(33)8-13(2)23(34)35)31-21(22-30-6-7-38-22)32-20(19)16-5-4-14(27)9-17(16)26/h4-7,9,13,15,20H,3,8,10-12H2,1-2H3,(H,31,32)(H,34,35)/t13?,15-,20+/m1/s1. The molecular weight excluding hydrogens is 589 g/mol. The number of hydrogen-bond acceptors (Lipinski definition) is 8. The average Bonchev–Trinajstić information content (AvgIpc) is 3.46. The fourth-order valence-electron chi connectivity index (χ4n) is 4.66. The quantitative estimate of drug-likeness (QED) is 0.392. The van der Waals surface area contributed by atoms with E-state index in [1.54, 1.807) is 18.5 Å². The Kier molecular flexibility index (Phi) is 8.58. The van der Waals surface area contributed by atoms with Gasteiger partial charge in [-0.05, 0) is 31.0 Å². The summed E-state index contributed by atoms with van der Waals surface area (Å²) in [5.41, 5.74) is 0.862. The summed E-state index contributed by atoms with van der Waals surface area (Å²) in [5, 5.41) is 14.7. The zero-order valence-corrected chi connectivity index (χ0v) is 23.0. The van der Waals surface area contributed by atoms with E-state index in [9.17, 15) is 27.9 Å². The van der Waals surface area contributed by atoms with Crippen LogP contribution in [0.5, 0.6) is 0 Å². The number of ether oxygens (including phenoxy) is 1. The van der Waals surface area contributed by atoms with Crippen LogP contribution in [0.3, 0.4) is 0 Å². The van der Waals surface area contributed by atoms with Crippen molar-refractivity contribution in [3.8, 4) is 0 Å². The van der Waals surface area contributed by atoms with Gasteiger partial charge in [-0.2, -0.15) is 0 Å².